The fourth-order valence-corrected chi connectivity index (χ4v) is 3.94. The van der Waals surface area contributed by atoms with Crippen molar-refractivity contribution in [3.8, 4) is 12.0 Å². The Balaban J connectivity index is 1.93. The van der Waals surface area contributed by atoms with Crippen molar-refractivity contribution < 1.29 is 0 Å². The van der Waals surface area contributed by atoms with E-state index in [0.717, 1.165) is 21.2 Å². The summed E-state index contributed by atoms with van der Waals surface area (Å²) < 4.78 is 3.99. The standard InChI is InChI=1S/C23H26N8O2/c1-6-11-30-19-20(27-22(30)28(4)12-14(2)24)29(5)23(33)31(21(19)32)13-18-25-15(3)16-9-7-8-10-17(16)26-18/h7-10,14H,12-13,24H2,1-5H3/t14-/m0/s1. The Bertz CT molecular complexity index is 1550. The molecule has 0 amide bonds. The van der Waals surface area contributed by atoms with Gasteiger partial charge in [0.25, 0.3) is 5.56 Å². The minimum atomic E-state index is -0.502. The molecule has 0 aliphatic rings. The number of rotatable bonds is 5. The number of hydrogen-bond donors (Lipinski definition) is 1. The second kappa shape index (κ2) is 8.52. The van der Waals surface area contributed by atoms with Crippen molar-refractivity contribution >= 4 is 28.0 Å². The van der Waals surface area contributed by atoms with Crippen LogP contribution >= 0.6 is 0 Å². The second-order valence-electron chi connectivity index (χ2n) is 8.11. The van der Waals surface area contributed by atoms with Gasteiger partial charge >= 0.3 is 5.69 Å². The summed E-state index contributed by atoms with van der Waals surface area (Å²) in [7, 11) is 3.40. The molecule has 0 saturated carbocycles. The summed E-state index contributed by atoms with van der Waals surface area (Å²) >= 11 is 0. The third-order valence-corrected chi connectivity index (χ3v) is 5.39. The van der Waals surface area contributed by atoms with Gasteiger partial charge in [-0.3, -0.25) is 13.9 Å². The molecule has 0 aliphatic carbocycles. The molecule has 0 radical (unpaired) electrons. The summed E-state index contributed by atoms with van der Waals surface area (Å²) in [5.41, 5.74) is 6.95. The number of benzene rings is 1. The maximum atomic E-state index is 13.5. The van der Waals surface area contributed by atoms with E-state index in [1.54, 1.807) is 14.0 Å². The van der Waals surface area contributed by atoms with Crippen LogP contribution in [-0.2, 0) is 13.6 Å². The summed E-state index contributed by atoms with van der Waals surface area (Å²) in [4.78, 5) is 42.1. The SMILES string of the molecule is CC#Cn1c(N(C)C[C@H](C)N)nc2c1c(=O)n(Cc1nc(C)c3ccccc3n1)c(=O)n2C. The molecule has 3 aromatic heterocycles. The molecule has 4 aromatic rings. The van der Waals surface area contributed by atoms with Gasteiger partial charge in [-0.2, -0.15) is 4.98 Å². The number of hydrogen-bond acceptors (Lipinski definition) is 7. The highest BCUT2D eigenvalue weighted by Gasteiger charge is 2.22. The number of nitrogens with two attached hydrogens (primary N) is 1. The predicted octanol–water partition coefficient (Wildman–Crippen LogP) is 0.809. The first-order chi connectivity index (χ1) is 15.7. The normalized spacial score (nSPS) is 12.1. The largest absolute Gasteiger partial charge is 0.343 e. The molecule has 0 aliphatic heterocycles. The lowest BCUT2D eigenvalue weighted by atomic mass is 10.2. The minimum absolute atomic E-state index is 0.0666. The number of fused-ring (bicyclic) bond motifs is 2. The van der Waals surface area contributed by atoms with Crippen LogP contribution in [-0.4, -0.2) is 48.3 Å². The van der Waals surface area contributed by atoms with E-state index in [1.807, 2.05) is 50.1 Å². The third-order valence-electron chi connectivity index (χ3n) is 5.39. The fourth-order valence-electron chi connectivity index (χ4n) is 3.94. The van der Waals surface area contributed by atoms with Gasteiger partial charge in [0, 0.05) is 43.8 Å². The Morgan fingerprint density at radius 1 is 1.18 bits per heavy atom. The van der Waals surface area contributed by atoms with Crippen LogP contribution in [0.3, 0.4) is 0 Å². The second-order valence-corrected chi connectivity index (χ2v) is 8.11. The lowest BCUT2D eigenvalue weighted by molar-refractivity contribution is 0.635. The molecule has 1 aromatic carbocycles. The summed E-state index contributed by atoms with van der Waals surface area (Å²) in [6.45, 7) is 5.87. The molecular formula is C23H26N8O2. The van der Waals surface area contributed by atoms with E-state index >= 15 is 0 Å². The molecule has 0 saturated heterocycles. The first-order valence-corrected chi connectivity index (χ1v) is 10.6. The van der Waals surface area contributed by atoms with Crippen molar-refractivity contribution in [2.24, 2.45) is 12.8 Å². The van der Waals surface area contributed by atoms with Gasteiger partial charge in [-0.05, 0) is 26.8 Å². The fraction of sp³-hybridized carbons (Fsp3) is 0.348. The van der Waals surface area contributed by atoms with Crippen LogP contribution in [0.25, 0.3) is 22.1 Å². The molecule has 0 spiro atoms. The molecule has 0 fully saturated rings. The van der Waals surface area contributed by atoms with Crippen LogP contribution in [0.4, 0.5) is 5.95 Å². The van der Waals surface area contributed by atoms with E-state index in [-0.39, 0.29) is 23.8 Å². The Hall–Kier alpha value is -3.97. The number of imidazole rings is 1. The summed E-state index contributed by atoms with van der Waals surface area (Å²) in [6, 6.07) is 10.4. The molecule has 170 valence electrons. The first-order valence-electron chi connectivity index (χ1n) is 10.6. The molecule has 4 rings (SSSR count). The highest BCUT2D eigenvalue weighted by Crippen LogP contribution is 2.18. The number of para-hydroxylation sites is 1. The topological polar surface area (TPSA) is 117 Å². The quantitative estimate of drug-likeness (QED) is 0.451. The molecule has 33 heavy (non-hydrogen) atoms. The van der Waals surface area contributed by atoms with Gasteiger partial charge in [0.05, 0.1) is 12.1 Å². The van der Waals surface area contributed by atoms with Crippen molar-refractivity contribution in [2.75, 3.05) is 18.5 Å². The van der Waals surface area contributed by atoms with Gasteiger partial charge in [-0.15, -0.1) is 0 Å². The van der Waals surface area contributed by atoms with Crippen LogP contribution < -0.4 is 21.9 Å². The number of nitrogens with zero attached hydrogens (tertiary/aromatic N) is 7. The lowest BCUT2D eigenvalue weighted by Crippen LogP contribution is -2.40. The summed E-state index contributed by atoms with van der Waals surface area (Å²) in [5, 5.41) is 0.926. The molecule has 0 bridgehead atoms. The van der Waals surface area contributed by atoms with Crippen molar-refractivity contribution in [2.45, 2.75) is 33.4 Å². The average Bonchev–Trinajstić information content (AvgIpc) is 3.15. The molecule has 1 atom stereocenters. The maximum Gasteiger partial charge on any atom is 0.332 e. The number of aromatic nitrogens is 6. The highest BCUT2D eigenvalue weighted by molar-refractivity contribution is 5.80. The van der Waals surface area contributed by atoms with Crippen LogP contribution in [0.5, 0.6) is 0 Å². The van der Waals surface area contributed by atoms with E-state index < -0.39 is 11.2 Å². The molecule has 10 nitrogen and oxygen atoms in total. The molecule has 2 N–H and O–H groups in total. The van der Waals surface area contributed by atoms with Crippen LogP contribution in [0, 0.1) is 18.9 Å². The van der Waals surface area contributed by atoms with Crippen molar-refractivity contribution in [3.63, 3.8) is 0 Å². The lowest BCUT2D eigenvalue weighted by Gasteiger charge is -2.19. The van der Waals surface area contributed by atoms with E-state index in [2.05, 4.69) is 26.9 Å². The first kappa shape index (κ1) is 22.2. The van der Waals surface area contributed by atoms with Crippen molar-refractivity contribution in [1.82, 2.24) is 28.7 Å². The minimum Gasteiger partial charge on any atom is -0.343 e. The zero-order valence-corrected chi connectivity index (χ0v) is 19.3. The maximum absolute atomic E-state index is 13.5. The van der Waals surface area contributed by atoms with E-state index in [0.29, 0.717) is 18.3 Å². The van der Waals surface area contributed by atoms with Crippen LogP contribution in [0.15, 0.2) is 33.9 Å². The Labute approximate surface area is 190 Å². The van der Waals surface area contributed by atoms with Gasteiger partial charge in [-0.1, -0.05) is 24.1 Å². The monoisotopic (exact) mass is 446 g/mol. The average molecular weight is 447 g/mol. The van der Waals surface area contributed by atoms with Crippen LogP contribution in [0.1, 0.15) is 25.4 Å². The van der Waals surface area contributed by atoms with Gasteiger partial charge in [0.2, 0.25) is 5.95 Å². The molecular weight excluding hydrogens is 420 g/mol. The van der Waals surface area contributed by atoms with E-state index in [9.17, 15) is 9.59 Å². The number of likely N-dealkylation sites (N-methyl/N-ethyl adjacent to an activating group) is 1. The highest BCUT2D eigenvalue weighted by atomic mass is 16.2. The molecule has 3 heterocycles. The van der Waals surface area contributed by atoms with Gasteiger partial charge in [0.15, 0.2) is 11.2 Å². The van der Waals surface area contributed by atoms with Gasteiger partial charge < -0.3 is 10.6 Å². The molecule has 0 unspecified atom stereocenters. The zero-order valence-electron chi connectivity index (χ0n) is 19.3. The van der Waals surface area contributed by atoms with Gasteiger partial charge in [-0.25, -0.2) is 19.3 Å². The van der Waals surface area contributed by atoms with Crippen LogP contribution in [0.2, 0.25) is 0 Å². The van der Waals surface area contributed by atoms with E-state index in [1.165, 1.54) is 9.13 Å². The Kier molecular flexibility index (Phi) is 5.74. The van der Waals surface area contributed by atoms with Gasteiger partial charge in [0.1, 0.15) is 5.82 Å². The van der Waals surface area contributed by atoms with Crippen molar-refractivity contribution in [3.05, 3.63) is 56.6 Å². The number of aryl methyl sites for hydroxylation is 2. The third kappa shape index (κ3) is 3.87. The summed E-state index contributed by atoms with van der Waals surface area (Å²) in [5.74, 6) is 3.65. The predicted molar refractivity (Wildman–Crippen MR) is 128 cm³/mol. The van der Waals surface area contributed by atoms with Crippen molar-refractivity contribution in [1.29, 1.82) is 0 Å². The zero-order chi connectivity index (χ0) is 23.9. The van der Waals surface area contributed by atoms with E-state index in [4.69, 9.17) is 5.73 Å². The summed E-state index contributed by atoms with van der Waals surface area (Å²) in [6.07, 6.45) is 0. The Morgan fingerprint density at radius 3 is 2.61 bits per heavy atom. The number of anilines is 1. The Morgan fingerprint density at radius 2 is 1.91 bits per heavy atom. The smallest absolute Gasteiger partial charge is 0.332 e. The molecule has 10 heteroatoms.